The first-order valence-corrected chi connectivity index (χ1v) is 25.2. The lowest BCUT2D eigenvalue weighted by Gasteiger charge is -2.38. The average molecular weight is 869 g/mol. The number of hydrogen-bond donors (Lipinski definition) is 4. The summed E-state index contributed by atoms with van der Waals surface area (Å²) in [7, 11) is 0. The van der Waals surface area contributed by atoms with Crippen molar-refractivity contribution in [2.75, 3.05) is 13.2 Å². The number of hydrogen-bond acceptors (Lipinski definition) is 10. The number of carboxylic acid groups (broad SMARTS) is 1. The number of esters is 2. The Morgan fingerprint density at radius 3 is 1.31 bits per heavy atom. The zero-order valence-corrected chi connectivity index (χ0v) is 38.9. The Labute approximate surface area is 371 Å². The number of carbonyl (C=O) groups excluding carboxylic acids is 2. The van der Waals surface area contributed by atoms with E-state index in [1.165, 1.54) is 141 Å². The number of carboxylic acids is 1. The predicted octanol–water partition coefficient (Wildman–Crippen LogP) is 11.6. The van der Waals surface area contributed by atoms with E-state index in [9.17, 15) is 34.8 Å². The van der Waals surface area contributed by atoms with Gasteiger partial charge < -0.3 is 39.4 Å². The van der Waals surface area contributed by atoms with Gasteiger partial charge in [-0.3, -0.25) is 9.59 Å². The molecule has 0 saturated carbocycles. The van der Waals surface area contributed by atoms with E-state index < -0.39 is 54.7 Å². The molecule has 1 saturated heterocycles. The molecule has 11 heteroatoms. The highest BCUT2D eigenvalue weighted by molar-refractivity contribution is 5.73. The summed E-state index contributed by atoms with van der Waals surface area (Å²) in [5.41, 5.74) is 0. The van der Waals surface area contributed by atoms with Crippen LogP contribution in [0.25, 0.3) is 0 Å². The van der Waals surface area contributed by atoms with Crippen molar-refractivity contribution in [1.82, 2.24) is 0 Å². The van der Waals surface area contributed by atoms with Crippen molar-refractivity contribution >= 4 is 17.9 Å². The SMILES string of the molecule is CCCCC/C=C\CCCCCCCC(=O)OCC(COC1OC(C(=O)O)C(O)C(O)C1O)OC(=O)CCCCCCCCCCCCCCCCCCCCCCCCC. The van der Waals surface area contributed by atoms with E-state index in [1.54, 1.807) is 0 Å². The molecule has 0 radical (unpaired) electrons. The lowest BCUT2D eigenvalue weighted by Crippen LogP contribution is -2.60. The first-order chi connectivity index (χ1) is 29.7. The second-order valence-electron chi connectivity index (χ2n) is 17.7. The first-order valence-electron chi connectivity index (χ1n) is 25.2. The number of ether oxygens (including phenoxy) is 4. The average Bonchev–Trinajstić information content (AvgIpc) is 3.24. The van der Waals surface area contributed by atoms with Gasteiger partial charge in [0.15, 0.2) is 18.5 Å². The van der Waals surface area contributed by atoms with Crippen LogP contribution in [-0.4, -0.2) is 88.4 Å². The number of aliphatic hydroxyl groups excluding tert-OH is 3. The van der Waals surface area contributed by atoms with Crippen LogP contribution in [0, 0.1) is 0 Å². The van der Waals surface area contributed by atoms with Crippen molar-refractivity contribution in [1.29, 1.82) is 0 Å². The Morgan fingerprint density at radius 2 is 0.869 bits per heavy atom. The smallest absolute Gasteiger partial charge is 0.335 e. The number of aliphatic carboxylic acids is 1. The maximum absolute atomic E-state index is 12.8. The largest absolute Gasteiger partial charge is 0.479 e. The van der Waals surface area contributed by atoms with Crippen LogP contribution in [0.1, 0.15) is 239 Å². The van der Waals surface area contributed by atoms with E-state index in [0.717, 1.165) is 57.8 Å². The third kappa shape index (κ3) is 32.3. The molecule has 6 unspecified atom stereocenters. The molecule has 1 heterocycles. The number of allylic oxidation sites excluding steroid dienone is 2. The van der Waals surface area contributed by atoms with E-state index in [0.29, 0.717) is 12.8 Å². The number of carbonyl (C=O) groups is 3. The molecule has 0 spiro atoms. The molecule has 1 aliphatic rings. The molecule has 4 N–H and O–H groups in total. The summed E-state index contributed by atoms with van der Waals surface area (Å²) >= 11 is 0. The van der Waals surface area contributed by atoms with Crippen LogP contribution in [0.5, 0.6) is 0 Å². The number of unbranched alkanes of at least 4 members (excludes halogenated alkanes) is 30. The van der Waals surface area contributed by atoms with Gasteiger partial charge in [0.25, 0.3) is 0 Å². The molecule has 1 aliphatic heterocycles. The summed E-state index contributed by atoms with van der Waals surface area (Å²) in [6.45, 7) is 3.81. The highest BCUT2D eigenvalue weighted by Crippen LogP contribution is 2.23. The fourth-order valence-electron chi connectivity index (χ4n) is 7.88. The number of aliphatic hydroxyl groups is 3. The van der Waals surface area contributed by atoms with Crippen LogP contribution >= 0.6 is 0 Å². The van der Waals surface area contributed by atoms with Gasteiger partial charge in [-0.2, -0.15) is 0 Å². The molecule has 6 atom stereocenters. The molecule has 0 aliphatic carbocycles. The van der Waals surface area contributed by atoms with Gasteiger partial charge in [0.05, 0.1) is 6.61 Å². The quantitative estimate of drug-likeness (QED) is 0.0261. The van der Waals surface area contributed by atoms with Crippen molar-refractivity contribution in [2.45, 2.75) is 275 Å². The van der Waals surface area contributed by atoms with E-state index in [4.69, 9.17) is 18.9 Å². The van der Waals surface area contributed by atoms with E-state index in [1.807, 2.05) is 0 Å². The van der Waals surface area contributed by atoms with Gasteiger partial charge in [0, 0.05) is 12.8 Å². The Balaban J connectivity index is 2.25. The van der Waals surface area contributed by atoms with Crippen LogP contribution in [-0.2, 0) is 33.3 Å². The van der Waals surface area contributed by atoms with E-state index in [2.05, 4.69) is 26.0 Å². The second kappa shape index (κ2) is 40.7. The van der Waals surface area contributed by atoms with Crippen LogP contribution in [0.4, 0.5) is 0 Å². The zero-order chi connectivity index (χ0) is 44.6. The maximum Gasteiger partial charge on any atom is 0.335 e. The molecule has 358 valence electrons. The van der Waals surface area contributed by atoms with Gasteiger partial charge in [0.1, 0.15) is 24.9 Å². The van der Waals surface area contributed by atoms with Crippen molar-refractivity contribution in [3.63, 3.8) is 0 Å². The maximum atomic E-state index is 12.8. The van der Waals surface area contributed by atoms with Gasteiger partial charge in [-0.1, -0.05) is 199 Å². The summed E-state index contributed by atoms with van der Waals surface area (Å²) in [6, 6.07) is 0. The summed E-state index contributed by atoms with van der Waals surface area (Å²) in [6.07, 6.45) is 35.6. The third-order valence-corrected chi connectivity index (χ3v) is 11.9. The summed E-state index contributed by atoms with van der Waals surface area (Å²) in [5, 5.41) is 39.9. The van der Waals surface area contributed by atoms with Gasteiger partial charge >= 0.3 is 17.9 Å². The van der Waals surface area contributed by atoms with E-state index >= 15 is 0 Å². The minimum Gasteiger partial charge on any atom is -0.479 e. The first kappa shape index (κ1) is 57.0. The molecule has 0 aromatic carbocycles. The molecule has 0 bridgehead atoms. The predicted molar refractivity (Wildman–Crippen MR) is 243 cm³/mol. The van der Waals surface area contributed by atoms with Crippen LogP contribution in [0.3, 0.4) is 0 Å². The van der Waals surface area contributed by atoms with Gasteiger partial charge in [-0.25, -0.2) is 4.79 Å². The second-order valence-corrected chi connectivity index (χ2v) is 17.7. The van der Waals surface area contributed by atoms with Crippen LogP contribution in [0.2, 0.25) is 0 Å². The molecule has 11 nitrogen and oxygen atoms in total. The van der Waals surface area contributed by atoms with Gasteiger partial charge in [0.2, 0.25) is 0 Å². The highest BCUT2D eigenvalue weighted by atomic mass is 16.7. The summed E-state index contributed by atoms with van der Waals surface area (Å²) in [4.78, 5) is 36.9. The van der Waals surface area contributed by atoms with Crippen molar-refractivity contribution in [3.05, 3.63) is 12.2 Å². The topological polar surface area (TPSA) is 169 Å². The van der Waals surface area contributed by atoms with E-state index in [-0.39, 0.29) is 26.1 Å². The monoisotopic (exact) mass is 869 g/mol. The molecular weight excluding hydrogens is 777 g/mol. The highest BCUT2D eigenvalue weighted by Gasteiger charge is 2.47. The van der Waals surface area contributed by atoms with Crippen molar-refractivity contribution in [2.24, 2.45) is 0 Å². The molecule has 1 fully saturated rings. The normalized spacial score (nSPS) is 19.7. The minimum absolute atomic E-state index is 0.187. The fourth-order valence-corrected chi connectivity index (χ4v) is 7.88. The summed E-state index contributed by atoms with van der Waals surface area (Å²) < 4.78 is 21.8. The summed E-state index contributed by atoms with van der Waals surface area (Å²) in [5.74, 6) is -2.44. The Hall–Kier alpha value is -2.05. The molecule has 0 amide bonds. The Kier molecular flexibility index (Phi) is 38.0. The molecule has 61 heavy (non-hydrogen) atoms. The van der Waals surface area contributed by atoms with Gasteiger partial charge in [-0.05, 0) is 38.5 Å². The van der Waals surface area contributed by atoms with Crippen LogP contribution < -0.4 is 0 Å². The van der Waals surface area contributed by atoms with Crippen molar-refractivity contribution in [3.8, 4) is 0 Å². The third-order valence-electron chi connectivity index (χ3n) is 11.9. The van der Waals surface area contributed by atoms with Gasteiger partial charge in [-0.15, -0.1) is 0 Å². The zero-order valence-electron chi connectivity index (χ0n) is 38.9. The molecule has 0 aromatic rings. The lowest BCUT2D eigenvalue weighted by atomic mass is 9.99. The van der Waals surface area contributed by atoms with Crippen LogP contribution in [0.15, 0.2) is 12.2 Å². The lowest BCUT2D eigenvalue weighted by molar-refractivity contribution is -0.298. The molecular formula is C50H92O11. The Bertz CT molecular complexity index is 1070. The van der Waals surface area contributed by atoms with Crippen molar-refractivity contribution < 1.29 is 53.8 Å². The molecule has 1 rings (SSSR count). The Morgan fingerprint density at radius 1 is 0.492 bits per heavy atom. The molecule has 0 aromatic heterocycles. The standard InChI is InChI=1S/C50H92O11/c1-3-5-7-9-11-13-15-17-18-19-20-21-22-23-24-25-26-27-29-31-33-35-37-39-44(52)60-42(41-59-50-47(55)45(53)46(54)48(61-50)49(56)57)40-58-43(51)38-36-34-32-30-28-16-14-12-10-8-6-4-2/h12,14,42,45-48,50,53-55H,3-11,13,15-41H2,1-2H3,(H,56,57)/b14-12-. The number of rotatable bonds is 43. The minimum atomic E-state index is -1.86. The fraction of sp³-hybridized carbons (Fsp3) is 0.900.